The maximum absolute atomic E-state index is 13.1. The SMILES string of the molecule is Cc1c(C)c2c(c(C)c1OC(=O)CCC(=O)OCCCN(C)CCCSCCN(C)CCCOC(=O)CCC(=O)Oc1c(C)c(C)c3c(c1C)CCC(C)(CCCC(C)CCCC(C)CCCC(C)C)O3)CCC(C)(CCCC(C)CCCC(C)CCCC(C)C)O2. The largest absolute Gasteiger partial charge is 0.487 e. The lowest BCUT2D eigenvalue weighted by atomic mass is 9.83. The molecule has 0 N–H and O–H groups in total. The molecule has 0 bridgehead atoms. The molecule has 0 aromatic heterocycles. The summed E-state index contributed by atoms with van der Waals surface area (Å²) in [5.74, 6) is 8.26. The van der Waals surface area contributed by atoms with Crippen LogP contribution < -0.4 is 18.9 Å². The summed E-state index contributed by atoms with van der Waals surface area (Å²) in [4.78, 5) is 56.0. The molecule has 0 radical (unpaired) electrons. The predicted octanol–water partition coefficient (Wildman–Crippen LogP) is 19.5. The van der Waals surface area contributed by atoms with Crippen LogP contribution in [0.2, 0.25) is 0 Å². The second kappa shape index (κ2) is 42.0. The predicted molar refractivity (Wildman–Crippen MR) is 383 cm³/mol. The molecule has 0 aliphatic carbocycles. The van der Waals surface area contributed by atoms with E-state index in [0.29, 0.717) is 24.7 Å². The van der Waals surface area contributed by atoms with Crippen LogP contribution in [0.1, 0.15) is 287 Å². The van der Waals surface area contributed by atoms with Crippen molar-refractivity contribution in [2.45, 2.75) is 308 Å². The van der Waals surface area contributed by atoms with Crippen molar-refractivity contribution in [3.05, 3.63) is 44.5 Å². The molecule has 4 rings (SSSR count). The molecule has 0 saturated heterocycles. The Balaban J connectivity index is 0.998. The Bertz CT molecular complexity index is 2370. The number of esters is 4. The molecule has 0 spiro atoms. The number of carbonyl (C=O) groups excluding carboxylic acids is 4. The highest BCUT2D eigenvalue weighted by Gasteiger charge is 2.37. The first kappa shape index (κ1) is 80.6. The molecule has 2 aromatic carbocycles. The standard InChI is InChI=1S/C79H134N2O10S/c1-56(2)28-19-30-58(5)32-21-34-60(7)36-23-44-78(15)46-42-68-66(13)74(62(9)64(11)76(68)90-78)88-72(84)40-38-70(82)86-52-25-48-80(17)50-27-54-92-55-51-81(18)49-26-53-87-71(83)39-41-73(85)89-75-63(10)65(12)77-69(67(75)14)43-47-79(16,91-77)45-24-37-61(8)35-22-33-59(6)31-20-29-57(3)4/h56-61H,19-55H2,1-18H3. The fourth-order valence-electron chi connectivity index (χ4n) is 13.7. The van der Waals surface area contributed by atoms with E-state index in [0.717, 1.165) is 200 Å². The zero-order valence-electron chi connectivity index (χ0n) is 62.0. The fraction of sp³-hybridized carbons (Fsp3) is 0.797. The molecule has 0 amide bonds. The third-order valence-corrected chi connectivity index (χ3v) is 21.6. The molecular weight excluding hydrogens is 1170 g/mol. The zero-order chi connectivity index (χ0) is 68.0. The van der Waals surface area contributed by atoms with Gasteiger partial charge in [-0.05, 0) is 221 Å². The van der Waals surface area contributed by atoms with Crippen molar-refractivity contribution < 1.29 is 47.6 Å². The lowest BCUT2D eigenvalue weighted by Crippen LogP contribution is -2.37. The molecule has 2 heterocycles. The molecule has 2 aliphatic rings. The second-order valence-corrected chi connectivity index (χ2v) is 31.7. The molecule has 0 saturated carbocycles. The van der Waals surface area contributed by atoms with Crippen LogP contribution in [-0.4, -0.2) is 110 Å². The van der Waals surface area contributed by atoms with Gasteiger partial charge in [0.1, 0.15) is 34.2 Å². The minimum absolute atomic E-state index is 0.0139. The van der Waals surface area contributed by atoms with Gasteiger partial charge >= 0.3 is 23.9 Å². The summed E-state index contributed by atoms with van der Waals surface area (Å²) in [7, 11) is 4.18. The highest BCUT2D eigenvalue weighted by atomic mass is 32.2. The van der Waals surface area contributed by atoms with Crippen molar-refractivity contribution in [3.8, 4) is 23.0 Å². The maximum atomic E-state index is 13.1. The van der Waals surface area contributed by atoms with E-state index in [1.54, 1.807) is 0 Å². The normalized spacial score (nSPS) is 17.7. The number of hydrogen-bond acceptors (Lipinski definition) is 13. The van der Waals surface area contributed by atoms with Crippen LogP contribution in [0, 0.1) is 77.0 Å². The summed E-state index contributed by atoms with van der Waals surface area (Å²) in [6.45, 7) is 39.8. The maximum Gasteiger partial charge on any atom is 0.311 e. The van der Waals surface area contributed by atoms with Gasteiger partial charge in [-0.25, -0.2) is 0 Å². The van der Waals surface area contributed by atoms with E-state index in [4.69, 9.17) is 28.4 Å². The Labute approximate surface area is 566 Å². The average molecular weight is 1300 g/mol. The second-order valence-electron chi connectivity index (χ2n) is 30.5. The Morgan fingerprint density at radius 3 is 1.14 bits per heavy atom. The van der Waals surface area contributed by atoms with E-state index < -0.39 is 11.9 Å². The van der Waals surface area contributed by atoms with E-state index >= 15 is 0 Å². The van der Waals surface area contributed by atoms with Crippen LogP contribution in [0.4, 0.5) is 0 Å². The van der Waals surface area contributed by atoms with Gasteiger partial charge in [0.25, 0.3) is 0 Å². The first-order valence-corrected chi connectivity index (χ1v) is 38.1. The molecule has 2 aromatic rings. The van der Waals surface area contributed by atoms with E-state index in [2.05, 4.69) is 107 Å². The van der Waals surface area contributed by atoms with Crippen molar-refractivity contribution in [1.82, 2.24) is 9.80 Å². The van der Waals surface area contributed by atoms with E-state index in [1.807, 2.05) is 39.5 Å². The van der Waals surface area contributed by atoms with Gasteiger partial charge in [-0.1, -0.05) is 145 Å². The molecule has 12 nitrogen and oxygen atoms in total. The van der Waals surface area contributed by atoms with Crippen LogP contribution in [0.3, 0.4) is 0 Å². The van der Waals surface area contributed by atoms with Crippen molar-refractivity contribution in [2.75, 3.05) is 65.0 Å². The zero-order valence-corrected chi connectivity index (χ0v) is 62.8. The highest BCUT2D eigenvalue weighted by molar-refractivity contribution is 7.99. The van der Waals surface area contributed by atoms with Gasteiger partial charge in [0, 0.05) is 36.5 Å². The van der Waals surface area contributed by atoms with Crippen LogP contribution >= 0.6 is 11.8 Å². The van der Waals surface area contributed by atoms with Gasteiger partial charge < -0.3 is 38.2 Å². The van der Waals surface area contributed by atoms with Crippen molar-refractivity contribution >= 4 is 35.6 Å². The van der Waals surface area contributed by atoms with E-state index in [-0.39, 0.29) is 48.8 Å². The number of thioether (sulfide) groups is 1. The van der Waals surface area contributed by atoms with Crippen molar-refractivity contribution in [3.63, 3.8) is 0 Å². The van der Waals surface area contributed by atoms with Crippen molar-refractivity contribution in [2.24, 2.45) is 35.5 Å². The number of benzene rings is 2. The molecule has 6 atom stereocenters. The quantitative estimate of drug-likeness (QED) is 0.0354. The Kier molecular flexibility index (Phi) is 36.8. The molecule has 0 fully saturated rings. The van der Waals surface area contributed by atoms with E-state index in [1.165, 1.54) is 89.9 Å². The summed E-state index contributed by atoms with van der Waals surface area (Å²) >= 11 is 1.93. The monoisotopic (exact) mass is 1300 g/mol. The number of hydrogen-bond donors (Lipinski definition) is 0. The van der Waals surface area contributed by atoms with Gasteiger partial charge in [0.2, 0.25) is 0 Å². The van der Waals surface area contributed by atoms with Gasteiger partial charge in [-0.3, -0.25) is 19.2 Å². The van der Waals surface area contributed by atoms with Crippen LogP contribution in [0.25, 0.3) is 0 Å². The van der Waals surface area contributed by atoms with Crippen LogP contribution in [0.15, 0.2) is 0 Å². The van der Waals surface area contributed by atoms with Gasteiger partial charge in [-0.2, -0.15) is 11.8 Å². The Morgan fingerprint density at radius 2 is 0.761 bits per heavy atom. The third kappa shape index (κ3) is 29.7. The summed E-state index contributed by atoms with van der Waals surface area (Å²) in [6.07, 6.45) is 29.0. The van der Waals surface area contributed by atoms with Gasteiger partial charge in [0.05, 0.1) is 38.9 Å². The summed E-state index contributed by atoms with van der Waals surface area (Å²) in [5, 5.41) is 0. The third-order valence-electron chi connectivity index (χ3n) is 20.5. The molecule has 92 heavy (non-hydrogen) atoms. The Hall–Kier alpha value is -3.81. The minimum atomic E-state index is -0.427. The number of carbonyl (C=O) groups is 4. The molecule has 13 heteroatoms. The van der Waals surface area contributed by atoms with Gasteiger partial charge in [-0.15, -0.1) is 0 Å². The van der Waals surface area contributed by atoms with Crippen LogP contribution in [-0.2, 0) is 41.5 Å². The van der Waals surface area contributed by atoms with Crippen LogP contribution in [0.5, 0.6) is 23.0 Å². The average Bonchev–Trinajstić information content (AvgIpc) is 0.771. The molecular formula is C79H134N2O10S. The highest BCUT2D eigenvalue weighted by Crippen LogP contribution is 2.47. The van der Waals surface area contributed by atoms with Gasteiger partial charge in [0.15, 0.2) is 0 Å². The number of ether oxygens (including phenoxy) is 6. The minimum Gasteiger partial charge on any atom is -0.487 e. The topological polar surface area (TPSA) is 130 Å². The fourth-order valence-corrected chi connectivity index (χ4v) is 14.7. The first-order valence-electron chi connectivity index (χ1n) is 36.9. The number of fused-ring (bicyclic) bond motifs is 2. The smallest absolute Gasteiger partial charge is 0.311 e. The lowest BCUT2D eigenvalue weighted by molar-refractivity contribution is -0.147. The number of rotatable bonds is 47. The molecule has 6 unspecified atom stereocenters. The molecule has 526 valence electrons. The summed E-state index contributed by atoms with van der Waals surface area (Å²) < 4.78 is 36.6. The summed E-state index contributed by atoms with van der Waals surface area (Å²) in [6, 6.07) is 0. The first-order chi connectivity index (χ1) is 43.6. The lowest BCUT2D eigenvalue weighted by Gasteiger charge is -2.38. The van der Waals surface area contributed by atoms with E-state index in [9.17, 15) is 19.2 Å². The Morgan fingerprint density at radius 1 is 0.424 bits per heavy atom. The number of nitrogens with zero attached hydrogens (tertiary/aromatic N) is 2. The molecule has 2 aliphatic heterocycles. The van der Waals surface area contributed by atoms with Crippen molar-refractivity contribution in [1.29, 1.82) is 0 Å². The summed E-state index contributed by atoms with van der Waals surface area (Å²) in [5.41, 5.74) is 7.60.